The van der Waals surface area contributed by atoms with Crippen LogP contribution >= 0.6 is 11.6 Å². The van der Waals surface area contributed by atoms with Gasteiger partial charge in [0.15, 0.2) is 0 Å². The predicted molar refractivity (Wildman–Crippen MR) is 107 cm³/mol. The van der Waals surface area contributed by atoms with E-state index in [1.54, 1.807) is 18.2 Å². The second kappa shape index (κ2) is 8.18. The Balaban J connectivity index is 1.72. The Morgan fingerprint density at radius 1 is 1.04 bits per heavy atom. The molecule has 0 saturated carbocycles. The third-order valence-electron chi connectivity index (χ3n) is 4.37. The number of nitrogens with zero attached hydrogens (tertiary/aromatic N) is 2. The van der Waals surface area contributed by atoms with E-state index in [1.165, 1.54) is 16.3 Å². The molecule has 5 nitrogen and oxygen atoms in total. The average Bonchev–Trinajstić information content (AvgIpc) is 2.65. The summed E-state index contributed by atoms with van der Waals surface area (Å²) in [5.41, 5.74) is 4.51. The Kier molecular flexibility index (Phi) is 5.72. The zero-order valence-electron chi connectivity index (χ0n) is 15.2. The van der Waals surface area contributed by atoms with E-state index in [9.17, 15) is 9.59 Å². The minimum atomic E-state index is -0.316. The monoisotopic (exact) mass is 381 g/mol. The molecular formula is C21H20ClN3O2. The molecule has 0 aliphatic carbocycles. The molecule has 0 atom stereocenters. The van der Waals surface area contributed by atoms with Crippen molar-refractivity contribution in [2.75, 3.05) is 0 Å². The van der Waals surface area contributed by atoms with Gasteiger partial charge in [-0.2, -0.15) is 5.10 Å². The van der Waals surface area contributed by atoms with E-state index in [0.717, 1.165) is 16.7 Å². The van der Waals surface area contributed by atoms with Crippen LogP contribution in [0.25, 0.3) is 11.3 Å². The van der Waals surface area contributed by atoms with Crippen LogP contribution in [0.4, 0.5) is 0 Å². The molecule has 0 radical (unpaired) electrons. The molecule has 0 bridgehead atoms. The molecule has 27 heavy (non-hydrogen) atoms. The van der Waals surface area contributed by atoms with Crippen molar-refractivity contribution in [3.05, 3.63) is 86.7 Å². The molecule has 6 heteroatoms. The van der Waals surface area contributed by atoms with Crippen molar-refractivity contribution in [1.29, 1.82) is 0 Å². The molecule has 0 fully saturated rings. The first-order chi connectivity index (χ1) is 12.9. The van der Waals surface area contributed by atoms with Gasteiger partial charge < -0.3 is 5.32 Å². The molecule has 1 aromatic heterocycles. The molecule has 1 N–H and O–H groups in total. The van der Waals surface area contributed by atoms with Crippen molar-refractivity contribution >= 4 is 17.5 Å². The van der Waals surface area contributed by atoms with Gasteiger partial charge in [0, 0.05) is 23.2 Å². The number of aromatic nitrogens is 2. The largest absolute Gasteiger partial charge is 0.350 e. The summed E-state index contributed by atoms with van der Waals surface area (Å²) in [5.74, 6) is -0.281. The van der Waals surface area contributed by atoms with Crippen LogP contribution in [-0.4, -0.2) is 15.7 Å². The summed E-state index contributed by atoms with van der Waals surface area (Å²) in [6.07, 6.45) is 0. The van der Waals surface area contributed by atoms with Crippen LogP contribution in [0.15, 0.2) is 59.4 Å². The maximum Gasteiger partial charge on any atom is 0.267 e. The van der Waals surface area contributed by atoms with E-state index in [1.807, 2.05) is 44.2 Å². The maximum atomic E-state index is 12.2. The van der Waals surface area contributed by atoms with Gasteiger partial charge in [-0.15, -0.1) is 0 Å². The molecule has 1 heterocycles. The minimum Gasteiger partial charge on any atom is -0.350 e. The van der Waals surface area contributed by atoms with E-state index >= 15 is 0 Å². The van der Waals surface area contributed by atoms with Crippen LogP contribution in [0.3, 0.4) is 0 Å². The molecule has 3 aromatic rings. The fourth-order valence-electron chi connectivity index (χ4n) is 2.61. The van der Waals surface area contributed by atoms with Crippen LogP contribution in [0.1, 0.15) is 16.7 Å². The highest BCUT2D eigenvalue weighted by molar-refractivity contribution is 6.30. The summed E-state index contributed by atoms with van der Waals surface area (Å²) in [6.45, 7) is 4.30. The summed E-state index contributed by atoms with van der Waals surface area (Å²) in [6, 6.07) is 16.3. The lowest BCUT2D eigenvalue weighted by atomic mass is 10.0. The van der Waals surface area contributed by atoms with Gasteiger partial charge in [-0.05, 0) is 54.8 Å². The van der Waals surface area contributed by atoms with Gasteiger partial charge in [0.2, 0.25) is 5.91 Å². The summed E-state index contributed by atoms with van der Waals surface area (Å²) in [5, 5.41) is 7.78. The topological polar surface area (TPSA) is 64.0 Å². The number of aryl methyl sites for hydroxylation is 2. The zero-order valence-corrected chi connectivity index (χ0v) is 16.0. The number of nitrogens with one attached hydrogen (secondary N) is 1. The quantitative estimate of drug-likeness (QED) is 0.735. The van der Waals surface area contributed by atoms with Gasteiger partial charge >= 0.3 is 0 Å². The molecule has 2 aromatic carbocycles. The molecule has 138 valence electrons. The van der Waals surface area contributed by atoms with Gasteiger partial charge in [-0.3, -0.25) is 9.59 Å². The lowest BCUT2D eigenvalue weighted by Crippen LogP contribution is -2.33. The van der Waals surface area contributed by atoms with E-state index in [-0.39, 0.29) is 18.0 Å². The fraction of sp³-hybridized carbons (Fsp3) is 0.190. The molecule has 3 rings (SSSR count). The number of rotatable bonds is 5. The molecule has 0 unspecified atom stereocenters. The first kappa shape index (κ1) is 18.9. The van der Waals surface area contributed by atoms with E-state index < -0.39 is 0 Å². The second-order valence-corrected chi connectivity index (χ2v) is 6.85. The average molecular weight is 382 g/mol. The van der Waals surface area contributed by atoms with E-state index in [0.29, 0.717) is 17.3 Å². The number of benzene rings is 2. The first-order valence-electron chi connectivity index (χ1n) is 8.59. The highest BCUT2D eigenvalue weighted by atomic mass is 35.5. The van der Waals surface area contributed by atoms with Gasteiger partial charge in [0.05, 0.1) is 5.69 Å². The summed E-state index contributed by atoms with van der Waals surface area (Å²) in [7, 11) is 0. The Morgan fingerprint density at radius 3 is 2.48 bits per heavy atom. The van der Waals surface area contributed by atoms with Crippen molar-refractivity contribution < 1.29 is 4.79 Å². The van der Waals surface area contributed by atoms with Crippen LogP contribution < -0.4 is 10.9 Å². The van der Waals surface area contributed by atoms with Crippen molar-refractivity contribution in [2.45, 2.75) is 26.9 Å². The van der Waals surface area contributed by atoms with Crippen molar-refractivity contribution in [3.8, 4) is 11.3 Å². The first-order valence-corrected chi connectivity index (χ1v) is 8.97. The Labute approximate surface area is 162 Å². The van der Waals surface area contributed by atoms with E-state index in [4.69, 9.17) is 11.6 Å². The molecule has 1 amide bonds. The number of hydrogen-bond acceptors (Lipinski definition) is 3. The smallest absolute Gasteiger partial charge is 0.267 e. The number of hydrogen-bond donors (Lipinski definition) is 1. The Bertz CT molecular complexity index is 1030. The predicted octanol–water partition coefficient (Wildman–Crippen LogP) is 3.50. The van der Waals surface area contributed by atoms with E-state index in [2.05, 4.69) is 10.4 Å². The minimum absolute atomic E-state index is 0.134. The number of halogens is 1. The molecule has 0 spiro atoms. The van der Waals surface area contributed by atoms with Crippen LogP contribution in [0, 0.1) is 13.8 Å². The number of carbonyl (C=O) groups excluding carboxylic acids is 1. The summed E-state index contributed by atoms with van der Waals surface area (Å²) in [4.78, 5) is 24.3. The lowest BCUT2D eigenvalue weighted by Gasteiger charge is -2.09. The van der Waals surface area contributed by atoms with Crippen LogP contribution in [0.5, 0.6) is 0 Å². The van der Waals surface area contributed by atoms with Crippen LogP contribution in [0.2, 0.25) is 5.02 Å². The Hall–Kier alpha value is -2.92. The SMILES string of the molecule is Cc1ccc(-c2ccc(=O)n(CC(=O)NCc3ccc(Cl)cc3)n2)cc1C. The molecule has 0 aliphatic rings. The van der Waals surface area contributed by atoms with Crippen molar-refractivity contribution in [3.63, 3.8) is 0 Å². The van der Waals surface area contributed by atoms with Gasteiger partial charge in [-0.25, -0.2) is 4.68 Å². The fourth-order valence-corrected chi connectivity index (χ4v) is 2.74. The summed E-state index contributed by atoms with van der Waals surface area (Å²) >= 11 is 5.85. The number of amides is 1. The maximum absolute atomic E-state index is 12.2. The standard InChI is InChI=1S/C21H20ClN3O2/c1-14-3-6-17(11-15(14)2)19-9-10-21(27)25(24-19)13-20(26)23-12-16-4-7-18(22)8-5-16/h3-11H,12-13H2,1-2H3,(H,23,26). The third kappa shape index (κ3) is 4.83. The molecular weight excluding hydrogens is 362 g/mol. The zero-order chi connectivity index (χ0) is 19.4. The lowest BCUT2D eigenvalue weighted by molar-refractivity contribution is -0.122. The highest BCUT2D eigenvalue weighted by Gasteiger charge is 2.09. The second-order valence-electron chi connectivity index (χ2n) is 6.42. The summed E-state index contributed by atoms with van der Waals surface area (Å²) < 4.78 is 1.18. The number of carbonyl (C=O) groups is 1. The Morgan fingerprint density at radius 2 is 1.78 bits per heavy atom. The highest BCUT2D eigenvalue weighted by Crippen LogP contribution is 2.19. The van der Waals surface area contributed by atoms with Gasteiger partial charge in [0.1, 0.15) is 6.54 Å². The van der Waals surface area contributed by atoms with Crippen molar-refractivity contribution in [1.82, 2.24) is 15.1 Å². The van der Waals surface area contributed by atoms with Gasteiger partial charge in [0.25, 0.3) is 5.56 Å². The third-order valence-corrected chi connectivity index (χ3v) is 4.62. The molecule has 0 aliphatic heterocycles. The van der Waals surface area contributed by atoms with Gasteiger partial charge in [-0.1, -0.05) is 35.9 Å². The van der Waals surface area contributed by atoms with Crippen LogP contribution in [-0.2, 0) is 17.9 Å². The van der Waals surface area contributed by atoms with Crippen molar-refractivity contribution in [2.24, 2.45) is 0 Å². The normalized spacial score (nSPS) is 10.6. The molecule has 0 saturated heterocycles.